The van der Waals surface area contributed by atoms with Gasteiger partial charge in [-0.3, -0.25) is 9.88 Å². The van der Waals surface area contributed by atoms with Crippen LogP contribution in [0.15, 0.2) is 54.6 Å². The number of ether oxygens (including phenoxy) is 1. The van der Waals surface area contributed by atoms with Crippen LogP contribution >= 0.6 is 0 Å². The summed E-state index contributed by atoms with van der Waals surface area (Å²) in [5, 5.41) is 0.874. The van der Waals surface area contributed by atoms with Gasteiger partial charge >= 0.3 is 5.97 Å². The zero-order chi connectivity index (χ0) is 21.3. The molecule has 0 unspecified atom stereocenters. The lowest BCUT2D eigenvalue weighted by Gasteiger charge is -2.24. The highest BCUT2D eigenvalue weighted by Crippen LogP contribution is 2.34. The van der Waals surface area contributed by atoms with E-state index in [2.05, 4.69) is 0 Å². The summed E-state index contributed by atoms with van der Waals surface area (Å²) in [7, 11) is 0.242. The lowest BCUT2D eigenvalue weighted by atomic mass is 9.93. The number of methoxy groups -OCH3 is 1. The van der Waals surface area contributed by atoms with Gasteiger partial charge in [0, 0.05) is 23.5 Å². The summed E-state index contributed by atoms with van der Waals surface area (Å²) in [6, 6.07) is 17.3. The molecule has 0 spiro atoms. The largest absolute Gasteiger partial charge is 0.465 e. The van der Waals surface area contributed by atoms with Gasteiger partial charge in [-0.15, -0.1) is 0 Å². The van der Waals surface area contributed by atoms with E-state index >= 15 is 0 Å². The van der Waals surface area contributed by atoms with E-state index in [0.717, 1.165) is 22.0 Å². The Morgan fingerprint density at radius 1 is 1.13 bits per heavy atom. The van der Waals surface area contributed by atoms with E-state index in [4.69, 9.17) is 9.72 Å². The lowest BCUT2D eigenvalue weighted by molar-refractivity contribution is 0.0598. The smallest absolute Gasteiger partial charge is 0.340 e. The van der Waals surface area contributed by atoms with E-state index in [-0.39, 0.29) is 17.5 Å². The molecule has 1 saturated heterocycles. The zero-order valence-electron chi connectivity index (χ0n) is 17.0. The first-order valence-electron chi connectivity index (χ1n) is 9.85. The van der Waals surface area contributed by atoms with Crippen molar-refractivity contribution < 1.29 is 17.9 Å². The number of nitrogens with zero attached hydrogens (tertiary/aromatic N) is 2. The summed E-state index contributed by atoms with van der Waals surface area (Å²) < 4.78 is 29.0. The Kier molecular flexibility index (Phi) is 5.58. The number of benzene rings is 2. The number of para-hydroxylation sites is 1. The molecule has 0 bridgehead atoms. The van der Waals surface area contributed by atoms with Crippen LogP contribution in [0.3, 0.4) is 0 Å². The summed E-state index contributed by atoms with van der Waals surface area (Å²) in [5.74, 6) is -0.114. The van der Waals surface area contributed by atoms with Crippen molar-refractivity contribution in [1.29, 1.82) is 0 Å². The molecule has 6 nitrogen and oxygen atoms in total. The van der Waals surface area contributed by atoms with Crippen molar-refractivity contribution in [1.82, 2.24) is 9.88 Å². The third kappa shape index (κ3) is 3.95. The maximum atomic E-state index is 12.9. The number of pyridine rings is 1. The van der Waals surface area contributed by atoms with Crippen LogP contribution in [0.2, 0.25) is 0 Å². The zero-order valence-corrected chi connectivity index (χ0v) is 17.9. The Bertz CT molecular complexity index is 1190. The molecule has 1 fully saturated rings. The number of sulfone groups is 1. The van der Waals surface area contributed by atoms with Crippen molar-refractivity contribution in [2.24, 2.45) is 0 Å². The molecule has 3 aromatic rings. The van der Waals surface area contributed by atoms with Crippen LogP contribution in [0.1, 0.15) is 22.5 Å². The number of hydrogen-bond donors (Lipinski definition) is 0. The third-order valence-electron chi connectivity index (χ3n) is 5.65. The van der Waals surface area contributed by atoms with E-state index in [0.29, 0.717) is 24.2 Å². The van der Waals surface area contributed by atoms with Crippen LogP contribution in [0.5, 0.6) is 0 Å². The molecule has 4 rings (SSSR count). The molecule has 156 valence electrons. The normalized spacial score (nSPS) is 18.0. The molecular formula is C23H24N2O4S. The van der Waals surface area contributed by atoms with Gasteiger partial charge in [-0.05, 0) is 25.1 Å². The van der Waals surface area contributed by atoms with Gasteiger partial charge in [0.1, 0.15) is 0 Å². The van der Waals surface area contributed by atoms with Crippen LogP contribution in [0.4, 0.5) is 0 Å². The fourth-order valence-electron chi connectivity index (χ4n) is 4.09. The van der Waals surface area contributed by atoms with Crippen molar-refractivity contribution in [2.75, 3.05) is 25.7 Å². The molecule has 7 heteroatoms. The molecule has 0 N–H and O–H groups in total. The predicted octanol–water partition coefficient (Wildman–Crippen LogP) is 3.31. The molecule has 2 heterocycles. The predicted molar refractivity (Wildman–Crippen MR) is 117 cm³/mol. The van der Waals surface area contributed by atoms with Gasteiger partial charge in [-0.1, -0.05) is 48.5 Å². The summed E-state index contributed by atoms with van der Waals surface area (Å²) in [6.07, 6.45) is 0.589. The summed E-state index contributed by atoms with van der Waals surface area (Å²) in [4.78, 5) is 19.7. The number of carbonyl (C=O) groups is 1. The van der Waals surface area contributed by atoms with Crippen molar-refractivity contribution in [3.8, 4) is 11.1 Å². The van der Waals surface area contributed by atoms with Crippen molar-refractivity contribution >= 4 is 26.7 Å². The van der Waals surface area contributed by atoms with E-state index < -0.39 is 15.8 Å². The number of esters is 1. The Hall–Kier alpha value is -2.77. The second-order valence-corrected chi connectivity index (χ2v) is 9.88. The first kappa shape index (κ1) is 20.5. The van der Waals surface area contributed by atoms with Crippen LogP contribution in [-0.4, -0.2) is 56.0 Å². The van der Waals surface area contributed by atoms with E-state index in [1.165, 1.54) is 7.11 Å². The number of hydrogen-bond acceptors (Lipinski definition) is 6. The Balaban J connectivity index is 1.88. The first-order valence-corrected chi connectivity index (χ1v) is 11.7. The number of rotatable bonds is 5. The minimum absolute atomic E-state index is 0.0889. The van der Waals surface area contributed by atoms with Gasteiger partial charge in [0.25, 0.3) is 0 Å². The highest BCUT2D eigenvalue weighted by Gasteiger charge is 2.32. The standard InChI is InChI=1S/C23H24N2O4S/c1-25(17-12-13-30(27,28)15-17)14-20-22(23(26)29-2)21(16-8-4-3-5-9-16)18-10-6-7-11-19(18)24-20/h3-11,17H,12-15H2,1-2H3/t17-/m0/s1. The molecule has 1 aliphatic heterocycles. The highest BCUT2D eigenvalue weighted by atomic mass is 32.2. The van der Waals surface area contributed by atoms with Crippen LogP contribution in [0, 0.1) is 0 Å². The van der Waals surface area contributed by atoms with Gasteiger partial charge in [0.15, 0.2) is 9.84 Å². The number of aromatic nitrogens is 1. The van der Waals surface area contributed by atoms with E-state index in [1.807, 2.05) is 66.5 Å². The molecule has 0 radical (unpaired) electrons. The summed E-state index contributed by atoms with van der Waals surface area (Å²) in [5.41, 5.74) is 3.49. The van der Waals surface area contributed by atoms with Gasteiger partial charge in [0.2, 0.25) is 0 Å². The van der Waals surface area contributed by atoms with Crippen LogP contribution in [-0.2, 0) is 21.1 Å². The molecule has 1 atom stereocenters. The average Bonchev–Trinajstić information content (AvgIpc) is 3.12. The third-order valence-corrected chi connectivity index (χ3v) is 7.40. The topological polar surface area (TPSA) is 76.6 Å². The number of carbonyl (C=O) groups excluding carboxylic acids is 1. The molecule has 0 amide bonds. The average molecular weight is 425 g/mol. The van der Waals surface area contributed by atoms with Crippen molar-refractivity contribution in [3.63, 3.8) is 0 Å². The monoisotopic (exact) mass is 424 g/mol. The van der Waals surface area contributed by atoms with Gasteiger partial charge in [-0.2, -0.15) is 0 Å². The fourth-order valence-corrected chi connectivity index (χ4v) is 5.90. The second kappa shape index (κ2) is 8.16. The Labute approximate surface area is 176 Å². The maximum Gasteiger partial charge on any atom is 0.340 e. The minimum atomic E-state index is -3.00. The minimum Gasteiger partial charge on any atom is -0.465 e. The fraction of sp³-hybridized carbons (Fsp3) is 0.304. The summed E-state index contributed by atoms with van der Waals surface area (Å²) >= 11 is 0. The first-order chi connectivity index (χ1) is 14.4. The molecule has 0 aliphatic carbocycles. The highest BCUT2D eigenvalue weighted by molar-refractivity contribution is 7.91. The quantitative estimate of drug-likeness (QED) is 0.585. The SMILES string of the molecule is COC(=O)c1c(CN(C)[C@H]2CCS(=O)(=O)C2)nc2ccccc2c1-c1ccccc1. The molecule has 30 heavy (non-hydrogen) atoms. The lowest BCUT2D eigenvalue weighted by Crippen LogP contribution is -2.33. The molecular weight excluding hydrogens is 400 g/mol. The second-order valence-electron chi connectivity index (χ2n) is 7.66. The maximum absolute atomic E-state index is 12.9. The van der Waals surface area contributed by atoms with Crippen LogP contribution in [0.25, 0.3) is 22.0 Å². The van der Waals surface area contributed by atoms with Crippen LogP contribution < -0.4 is 0 Å². The Morgan fingerprint density at radius 3 is 2.50 bits per heavy atom. The molecule has 2 aromatic carbocycles. The van der Waals surface area contributed by atoms with Gasteiger partial charge < -0.3 is 4.74 Å². The van der Waals surface area contributed by atoms with Crippen molar-refractivity contribution in [2.45, 2.75) is 19.0 Å². The number of fused-ring (bicyclic) bond motifs is 1. The van der Waals surface area contributed by atoms with Crippen molar-refractivity contribution in [3.05, 3.63) is 65.9 Å². The van der Waals surface area contributed by atoms with E-state index in [1.54, 1.807) is 0 Å². The molecule has 1 aliphatic rings. The molecule has 1 aromatic heterocycles. The van der Waals surface area contributed by atoms with E-state index in [9.17, 15) is 13.2 Å². The Morgan fingerprint density at radius 2 is 1.83 bits per heavy atom. The van der Waals surface area contributed by atoms with Gasteiger partial charge in [0.05, 0.1) is 35.4 Å². The summed E-state index contributed by atoms with van der Waals surface area (Å²) in [6.45, 7) is 0.356. The molecule has 0 saturated carbocycles. The van der Waals surface area contributed by atoms with Gasteiger partial charge in [-0.25, -0.2) is 13.2 Å².